The summed E-state index contributed by atoms with van der Waals surface area (Å²) >= 11 is 9.06. The van der Waals surface area contributed by atoms with Gasteiger partial charge in [-0.15, -0.1) is 0 Å². The molecule has 0 aromatic heterocycles. The van der Waals surface area contributed by atoms with Crippen LogP contribution >= 0.6 is 27.5 Å². The summed E-state index contributed by atoms with van der Waals surface area (Å²) in [5.74, 6) is -0.677. The Balaban J connectivity index is 2.14. The highest BCUT2D eigenvalue weighted by atomic mass is 79.9. The molecule has 1 heterocycles. The number of amides is 1. The Labute approximate surface area is 125 Å². The summed E-state index contributed by atoms with van der Waals surface area (Å²) in [5, 5.41) is 3.47. The molecule has 2 rings (SSSR count). The fourth-order valence-corrected chi connectivity index (χ4v) is 2.95. The molecule has 0 saturated carbocycles. The van der Waals surface area contributed by atoms with Crippen molar-refractivity contribution in [2.24, 2.45) is 0 Å². The van der Waals surface area contributed by atoms with E-state index >= 15 is 0 Å². The van der Waals surface area contributed by atoms with Crippen molar-refractivity contribution in [3.05, 3.63) is 33.0 Å². The summed E-state index contributed by atoms with van der Waals surface area (Å²) in [6.45, 7) is 1.33. The molecular weight excluding hydrogens is 335 g/mol. The van der Waals surface area contributed by atoms with Gasteiger partial charge in [0.25, 0.3) is 5.91 Å². The van der Waals surface area contributed by atoms with E-state index in [-0.39, 0.29) is 21.0 Å². The smallest absolute Gasteiger partial charge is 0.255 e. The highest BCUT2D eigenvalue weighted by molar-refractivity contribution is 9.10. The highest BCUT2D eigenvalue weighted by Gasteiger charge is 2.24. The van der Waals surface area contributed by atoms with Gasteiger partial charge in [-0.05, 0) is 48.0 Å². The number of nitrogens with one attached hydrogen (secondary N) is 1. The van der Waals surface area contributed by atoms with Gasteiger partial charge in [0.05, 0.1) is 15.1 Å². The van der Waals surface area contributed by atoms with Gasteiger partial charge in [-0.3, -0.25) is 4.79 Å². The first kappa shape index (κ1) is 14.8. The van der Waals surface area contributed by atoms with Crippen LogP contribution in [0.5, 0.6) is 0 Å². The number of nitrogens with zero attached hydrogens (tertiary/aromatic N) is 1. The molecule has 1 aromatic rings. The number of carbonyl (C=O) groups excluding carboxylic acids is 1. The van der Waals surface area contributed by atoms with Crippen LogP contribution in [0, 0.1) is 5.82 Å². The number of carbonyl (C=O) groups is 1. The zero-order valence-corrected chi connectivity index (χ0v) is 12.9. The van der Waals surface area contributed by atoms with Crippen LogP contribution in [0.15, 0.2) is 16.6 Å². The van der Waals surface area contributed by atoms with Gasteiger partial charge in [-0.1, -0.05) is 11.6 Å². The molecule has 19 heavy (non-hydrogen) atoms. The fraction of sp³-hybridized carbons (Fsp3) is 0.462. The second-order valence-corrected chi connectivity index (χ2v) is 5.86. The van der Waals surface area contributed by atoms with E-state index in [1.807, 2.05) is 7.05 Å². The van der Waals surface area contributed by atoms with E-state index in [0.717, 1.165) is 12.8 Å². The van der Waals surface area contributed by atoms with Crippen LogP contribution in [0.25, 0.3) is 0 Å². The molecule has 1 saturated heterocycles. The average molecular weight is 350 g/mol. The van der Waals surface area contributed by atoms with Crippen molar-refractivity contribution in [2.45, 2.75) is 18.9 Å². The molecule has 0 unspecified atom stereocenters. The summed E-state index contributed by atoms with van der Waals surface area (Å²) in [6, 6.07) is 3.06. The van der Waals surface area contributed by atoms with Crippen LogP contribution in [0.2, 0.25) is 5.02 Å². The molecule has 0 atom stereocenters. The van der Waals surface area contributed by atoms with E-state index in [0.29, 0.717) is 19.1 Å². The van der Waals surface area contributed by atoms with Crippen LogP contribution in [0.3, 0.4) is 0 Å². The normalized spacial score (nSPS) is 16.7. The topological polar surface area (TPSA) is 32.3 Å². The second-order valence-electron chi connectivity index (χ2n) is 4.60. The molecule has 0 bridgehead atoms. The molecule has 104 valence electrons. The van der Waals surface area contributed by atoms with Gasteiger partial charge in [-0.2, -0.15) is 0 Å². The van der Waals surface area contributed by atoms with Crippen molar-refractivity contribution in [1.29, 1.82) is 0 Å². The van der Waals surface area contributed by atoms with Crippen LogP contribution in [0.1, 0.15) is 23.2 Å². The highest BCUT2D eigenvalue weighted by Crippen LogP contribution is 2.26. The van der Waals surface area contributed by atoms with Gasteiger partial charge in [0.1, 0.15) is 5.82 Å². The van der Waals surface area contributed by atoms with Gasteiger partial charge >= 0.3 is 0 Å². The lowest BCUT2D eigenvalue weighted by Crippen LogP contribution is -2.44. The fourth-order valence-electron chi connectivity index (χ4n) is 2.23. The Morgan fingerprint density at radius 1 is 1.47 bits per heavy atom. The Hall–Kier alpha value is -0.650. The van der Waals surface area contributed by atoms with Gasteiger partial charge < -0.3 is 10.2 Å². The molecular formula is C13H15BrClFN2O. The number of hydrogen-bond donors (Lipinski definition) is 1. The lowest BCUT2D eigenvalue weighted by atomic mass is 10.0. The van der Waals surface area contributed by atoms with Gasteiger partial charge in [0.2, 0.25) is 0 Å². The zero-order valence-electron chi connectivity index (χ0n) is 10.5. The van der Waals surface area contributed by atoms with Crippen molar-refractivity contribution < 1.29 is 9.18 Å². The van der Waals surface area contributed by atoms with Crippen LogP contribution in [-0.4, -0.2) is 37.0 Å². The van der Waals surface area contributed by atoms with Crippen molar-refractivity contribution in [2.75, 3.05) is 20.1 Å². The van der Waals surface area contributed by atoms with Crippen molar-refractivity contribution in [1.82, 2.24) is 10.2 Å². The summed E-state index contributed by atoms with van der Waals surface area (Å²) in [5.41, 5.74) is 0.227. The Kier molecular flexibility index (Phi) is 4.81. The summed E-state index contributed by atoms with van der Waals surface area (Å²) in [4.78, 5) is 14.0. The number of rotatable bonds is 2. The molecule has 1 N–H and O–H groups in total. The van der Waals surface area contributed by atoms with Gasteiger partial charge in [0.15, 0.2) is 0 Å². The van der Waals surface area contributed by atoms with E-state index in [1.54, 1.807) is 4.90 Å². The third kappa shape index (κ3) is 3.27. The Morgan fingerprint density at radius 3 is 2.68 bits per heavy atom. The predicted molar refractivity (Wildman–Crippen MR) is 77.1 cm³/mol. The maximum atomic E-state index is 13.5. The lowest BCUT2D eigenvalue weighted by molar-refractivity contribution is 0.0707. The monoisotopic (exact) mass is 348 g/mol. The number of hydrogen-bond acceptors (Lipinski definition) is 2. The Bertz CT molecular complexity index is 490. The molecule has 0 spiro atoms. The predicted octanol–water partition coefficient (Wildman–Crippen LogP) is 3.07. The zero-order chi connectivity index (χ0) is 14.0. The summed E-state index contributed by atoms with van der Waals surface area (Å²) < 4.78 is 13.8. The maximum absolute atomic E-state index is 13.5. The standard InChI is InChI=1S/C13H15BrClFN2O/c1-17-8-2-4-18(5-3-8)13(19)9-6-12(16)10(14)7-11(9)15/h6-8,17H,2-5H2,1H3. The molecule has 0 aliphatic carbocycles. The second kappa shape index (κ2) is 6.20. The minimum Gasteiger partial charge on any atom is -0.338 e. The van der Waals surface area contributed by atoms with Crippen molar-refractivity contribution in [3.8, 4) is 0 Å². The molecule has 1 aromatic carbocycles. The maximum Gasteiger partial charge on any atom is 0.255 e. The lowest BCUT2D eigenvalue weighted by Gasteiger charge is -2.32. The molecule has 6 heteroatoms. The molecule has 1 amide bonds. The van der Waals surface area contributed by atoms with Gasteiger partial charge in [-0.25, -0.2) is 4.39 Å². The van der Waals surface area contributed by atoms with E-state index in [2.05, 4.69) is 21.2 Å². The first-order chi connectivity index (χ1) is 9.02. The van der Waals surface area contributed by atoms with E-state index in [4.69, 9.17) is 11.6 Å². The summed E-state index contributed by atoms with van der Waals surface area (Å²) in [6.07, 6.45) is 1.80. The number of likely N-dealkylation sites (tertiary alicyclic amines) is 1. The molecule has 1 aliphatic heterocycles. The van der Waals surface area contributed by atoms with E-state index in [1.165, 1.54) is 12.1 Å². The molecule has 1 aliphatic rings. The van der Waals surface area contributed by atoms with E-state index in [9.17, 15) is 9.18 Å². The molecule has 3 nitrogen and oxygen atoms in total. The SMILES string of the molecule is CNC1CCN(C(=O)c2cc(F)c(Br)cc2Cl)CC1. The number of piperidine rings is 1. The first-order valence-corrected chi connectivity index (χ1v) is 7.31. The van der Waals surface area contributed by atoms with Gasteiger partial charge in [0, 0.05) is 19.1 Å². The third-order valence-electron chi connectivity index (χ3n) is 3.43. The molecule has 0 radical (unpaired) electrons. The number of benzene rings is 1. The minimum absolute atomic E-state index is 0.203. The minimum atomic E-state index is -0.474. The quantitative estimate of drug-likeness (QED) is 0.832. The number of halogens is 3. The van der Waals surface area contributed by atoms with E-state index < -0.39 is 5.82 Å². The third-order valence-corrected chi connectivity index (χ3v) is 4.35. The first-order valence-electron chi connectivity index (χ1n) is 6.14. The average Bonchev–Trinajstić information content (AvgIpc) is 2.42. The van der Waals surface area contributed by atoms with Crippen LogP contribution in [0.4, 0.5) is 4.39 Å². The molecule has 1 fully saturated rings. The van der Waals surface area contributed by atoms with Crippen molar-refractivity contribution >= 4 is 33.4 Å². The largest absolute Gasteiger partial charge is 0.338 e. The van der Waals surface area contributed by atoms with Crippen LogP contribution < -0.4 is 5.32 Å². The van der Waals surface area contributed by atoms with Crippen LogP contribution in [-0.2, 0) is 0 Å². The Morgan fingerprint density at radius 2 is 2.11 bits per heavy atom. The summed E-state index contributed by atoms with van der Waals surface area (Å²) in [7, 11) is 1.92. The van der Waals surface area contributed by atoms with Crippen molar-refractivity contribution in [3.63, 3.8) is 0 Å².